The normalized spacial score (nSPS) is 26.7. The molecule has 2 aromatic rings. The number of nitro groups is 1. The van der Waals surface area contributed by atoms with Crippen LogP contribution in [0.4, 0.5) is 11.4 Å². The van der Waals surface area contributed by atoms with Crippen LogP contribution in [0.2, 0.25) is 0 Å². The third kappa shape index (κ3) is 2.79. The molecule has 5 rings (SSSR count). The number of hydrogen-bond donors (Lipinski definition) is 0. The second-order valence-corrected chi connectivity index (χ2v) is 8.08. The molecule has 1 saturated heterocycles. The fraction of sp³-hybridized carbons (Fsp3) is 0.318. The zero-order chi connectivity index (χ0) is 21.0. The van der Waals surface area contributed by atoms with Gasteiger partial charge in [-0.3, -0.25) is 24.6 Å². The second-order valence-electron chi connectivity index (χ2n) is 8.08. The van der Waals surface area contributed by atoms with E-state index in [-0.39, 0.29) is 40.7 Å². The lowest BCUT2D eigenvalue weighted by Crippen LogP contribution is -2.32. The van der Waals surface area contributed by atoms with Crippen LogP contribution >= 0.6 is 0 Å². The van der Waals surface area contributed by atoms with Crippen molar-refractivity contribution in [3.8, 4) is 5.75 Å². The van der Waals surface area contributed by atoms with Crippen molar-refractivity contribution in [2.75, 3.05) is 4.90 Å². The number of nitrogens with zero attached hydrogens (tertiary/aromatic N) is 2. The molecule has 2 saturated carbocycles. The van der Waals surface area contributed by atoms with Gasteiger partial charge in [-0.05, 0) is 67.5 Å². The number of carbonyl (C=O) groups excluding carboxylic acids is 3. The van der Waals surface area contributed by atoms with Crippen LogP contribution < -0.4 is 9.64 Å². The lowest BCUT2D eigenvalue weighted by Gasteiger charge is -2.19. The first kappa shape index (κ1) is 18.5. The number of imide groups is 1. The molecule has 2 aromatic carbocycles. The number of benzene rings is 2. The average molecular weight is 406 g/mol. The van der Waals surface area contributed by atoms with Gasteiger partial charge in [-0.1, -0.05) is 0 Å². The first-order valence-corrected chi connectivity index (χ1v) is 9.88. The fourth-order valence-corrected chi connectivity index (χ4v) is 5.21. The molecule has 30 heavy (non-hydrogen) atoms. The predicted molar refractivity (Wildman–Crippen MR) is 105 cm³/mol. The number of amides is 2. The van der Waals surface area contributed by atoms with Gasteiger partial charge in [0, 0.05) is 12.1 Å². The molecule has 8 nitrogen and oxygen atoms in total. The molecule has 2 amide bonds. The minimum Gasteiger partial charge on any atom is -0.423 e. The standard InChI is InChI=1S/C22H18N2O6/c25-20-18-13-1-2-14(11-13)19(18)21(26)23(20)15-5-3-12(4-6-15)22(27)30-17-9-7-16(8-10-17)24(28)29/h3-10,13-14,18-19H,1-2,11H2/t13-,14+,18-,19+. The molecule has 1 heterocycles. The summed E-state index contributed by atoms with van der Waals surface area (Å²) in [5.41, 5.74) is 0.611. The highest BCUT2D eigenvalue weighted by Crippen LogP contribution is 2.56. The monoisotopic (exact) mass is 406 g/mol. The van der Waals surface area contributed by atoms with Gasteiger partial charge in [-0.25, -0.2) is 4.79 Å². The van der Waals surface area contributed by atoms with Gasteiger partial charge in [-0.15, -0.1) is 0 Å². The Morgan fingerprint density at radius 2 is 1.50 bits per heavy atom. The largest absolute Gasteiger partial charge is 0.423 e. The van der Waals surface area contributed by atoms with Crippen LogP contribution in [-0.2, 0) is 9.59 Å². The van der Waals surface area contributed by atoms with Gasteiger partial charge < -0.3 is 4.74 Å². The second kappa shape index (κ2) is 6.76. The van der Waals surface area contributed by atoms with E-state index in [2.05, 4.69) is 0 Å². The summed E-state index contributed by atoms with van der Waals surface area (Å²) < 4.78 is 5.23. The Bertz CT molecular complexity index is 1030. The predicted octanol–water partition coefficient (Wildman–Crippen LogP) is 3.35. The van der Waals surface area contributed by atoms with Crippen LogP contribution in [0.25, 0.3) is 0 Å². The van der Waals surface area contributed by atoms with Crippen molar-refractivity contribution in [2.45, 2.75) is 19.3 Å². The van der Waals surface area contributed by atoms with E-state index in [1.54, 1.807) is 12.1 Å². The molecule has 1 aliphatic heterocycles. The van der Waals surface area contributed by atoms with Crippen molar-refractivity contribution in [2.24, 2.45) is 23.7 Å². The number of esters is 1. The van der Waals surface area contributed by atoms with Crippen LogP contribution in [-0.4, -0.2) is 22.7 Å². The van der Waals surface area contributed by atoms with Crippen molar-refractivity contribution in [3.63, 3.8) is 0 Å². The summed E-state index contributed by atoms with van der Waals surface area (Å²) in [5, 5.41) is 10.7. The summed E-state index contributed by atoms with van der Waals surface area (Å²) in [5.74, 6) is -0.454. The van der Waals surface area contributed by atoms with Gasteiger partial charge >= 0.3 is 5.97 Å². The molecule has 0 unspecified atom stereocenters. The summed E-state index contributed by atoms with van der Waals surface area (Å²) in [4.78, 5) is 49.5. The smallest absolute Gasteiger partial charge is 0.343 e. The number of nitro benzene ring substituents is 1. The van der Waals surface area contributed by atoms with Crippen LogP contribution in [0.3, 0.4) is 0 Å². The number of hydrogen-bond acceptors (Lipinski definition) is 6. The quantitative estimate of drug-likeness (QED) is 0.253. The molecule has 2 bridgehead atoms. The van der Waals surface area contributed by atoms with Gasteiger partial charge in [0.25, 0.3) is 5.69 Å². The first-order chi connectivity index (χ1) is 14.4. The number of ether oxygens (including phenoxy) is 1. The Labute approximate surface area is 171 Å². The van der Waals surface area contributed by atoms with E-state index in [1.165, 1.54) is 41.3 Å². The number of anilines is 1. The van der Waals surface area contributed by atoms with Crippen molar-refractivity contribution < 1.29 is 24.0 Å². The highest BCUT2D eigenvalue weighted by Gasteiger charge is 2.61. The topological polar surface area (TPSA) is 107 Å². The molecule has 0 aromatic heterocycles. The first-order valence-electron chi connectivity index (χ1n) is 9.88. The van der Waals surface area contributed by atoms with Crippen LogP contribution in [0.5, 0.6) is 5.75 Å². The van der Waals surface area contributed by atoms with Gasteiger partial charge in [-0.2, -0.15) is 0 Å². The van der Waals surface area contributed by atoms with Crippen molar-refractivity contribution >= 4 is 29.2 Å². The minimum absolute atomic E-state index is 0.0997. The van der Waals surface area contributed by atoms with Crippen LogP contribution in [0.1, 0.15) is 29.6 Å². The summed E-state index contributed by atoms with van der Waals surface area (Å²) in [7, 11) is 0. The zero-order valence-corrected chi connectivity index (χ0v) is 15.9. The molecule has 3 fully saturated rings. The van der Waals surface area contributed by atoms with Crippen LogP contribution in [0, 0.1) is 33.8 Å². The van der Waals surface area contributed by atoms with Gasteiger partial charge in [0.05, 0.1) is 28.0 Å². The molecule has 0 spiro atoms. The SMILES string of the molecule is O=C(Oc1ccc([N+](=O)[O-])cc1)c1ccc(N2C(=O)[C@@H]3[C@@H]4CC[C@@H](C4)[C@@H]3C2=O)cc1. The molecule has 0 N–H and O–H groups in total. The molecular weight excluding hydrogens is 388 g/mol. The van der Waals surface area contributed by atoms with Gasteiger partial charge in [0.1, 0.15) is 5.75 Å². The van der Waals surface area contributed by atoms with E-state index in [4.69, 9.17) is 4.74 Å². The summed E-state index contributed by atoms with van der Waals surface area (Å²) in [6.07, 6.45) is 3.02. The fourth-order valence-electron chi connectivity index (χ4n) is 5.21. The lowest BCUT2D eigenvalue weighted by molar-refractivity contribution is -0.384. The Morgan fingerprint density at radius 1 is 0.933 bits per heavy atom. The molecular formula is C22H18N2O6. The Kier molecular flexibility index (Phi) is 4.16. The van der Waals surface area contributed by atoms with Crippen molar-refractivity contribution in [1.82, 2.24) is 0 Å². The summed E-state index contributed by atoms with van der Waals surface area (Å²) in [6, 6.07) is 11.4. The maximum atomic E-state index is 12.9. The average Bonchev–Trinajstić information content (AvgIpc) is 3.42. The van der Waals surface area contributed by atoms with Gasteiger partial charge in [0.2, 0.25) is 11.8 Å². The summed E-state index contributed by atoms with van der Waals surface area (Å²) in [6.45, 7) is 0. The number of rotatable bonds is 4. The molecule has 4 atom stereocenters. The third-order valence-electron chi connectivity index (χ3n) is 6.55. The zero-order valence-electron chi connectivity index (χ0n) is 15.9. The van der Waals surface area contributed by atoms with E-state index in [9.17, 15) is 24.5 Å². The van der Waals surface area contributed by atoms with Crippen molar-refractivity contribution in [3.05, 3.63) is 64.2 Å². The maximum Gasteiger partial charge on any atom is 0.343 e. The summed E-state index contributed by atoms with van der Waals surface area (Å²) >= 11 is 0. The number of fused-ring (bicyclic) bond motifs is 5. The maximum absolute atomic E-state index is 12.9. The molecule has 8 heteroatoms. The van der Waals surface area contributed by atoms with E-state index < -0.39 is 10.9 Å². The minimum atomic E-state index is -0.635. The Hall–Kier alpha value is -3.55. The Morgan fingerprint density at radius 3 is 2.03 bits per heavy atom. The van der Waals surface area contributed by atoms with Crippen molar-refractivity contribution in [1.29, 1.82) is 0 Å². The highest BCUT2D eigenvalue weighted by molar-refractivity contribution is 6.22. The van der Waals surface area contributed by atoms with Crippen LogP contribution in [0.15, 0.2) is 48.5 Å². The number of non-ortho nitro benzene ring substituents is 1. The number of carbonyl (C=O) groups is 3. The van der Waals surface area contributed by atoms with E-state index in [1.807, 2.05) is 0 Å². The molecule has 2 aliphatic carbocycles. The van der Waals surface area contributed by atoms with Gasteiger partial charge in [0.15, 0.2) is 0 Å². The van der Waals surface area contributed by atoms with E-state index in [0.717, 1.165) is 19.3 Å². The lowest BCUT2D eigenvalue weighted by atomic mass is 9.81. The highest BCUT2D eigenvalue weighted by atomic mass is 16.6. The third-order valence-corrected chi connectivity index (χ3v) is 6.55. The molecule has 0 radical (unpaired) electrons. The molecule has 3 aliphatic rings. The molecule has 152 valence electrons. The van der Waals surface area contributed by atoms with E-state index >= 15 is 0 Å². The Balaban J connectivity index is 1.31. The van der Waals surface area contributed by atoms with E-state index in [0.29, 0.717) is 17.5 Å².